The standard InChI is InChI=1S/C28H34N4O2/c1-20(2)17-31(27(34)23-11-7-8-12-23)19-26(33)30-28-29-25(22-9-5-4-6-10-22)18-32(28)24-15-13-21(3)14-16-24/h4-6,9-10,13-16,18,20,23H,7-8,11-12,17,19H2,1-3H3,(H,29,30,33). The summed E-state index contributed by atoms with van der Waals surface area (Å²) >= 11 is 0. The number of imidazole rings is 1. The van der Waals surface area contributed by atoms with Gasteiger partial charge in [0.2, 0.25) is 17.8 Å². The van der Waals surface area contributed by atoms with E-state index in [1.54, 1.807) is 4.90 Å². The minimum atomic E-state index is -0.231. The first-order valence-electron chi connectivity index (χ1n) is 12.2. The van der Waals surface area contributed by atoms with Crippen LogP contribution in [0.3, 0.4) is 0 Å². The number of aromatic nitrogens is 2. The molecule has 0 aliphatic heterocycles. The van der Waals surface area contributed by atoms with Gasteiger partial charge >= 0.3 is 0 Å². The summed E-state index contributed by atoms with van der Waals surface area (Å²) in [6.45, 7) is 6.80. The van der Waals surface area contributed by atoms with Gasteiger partial charge in [-0.25, -0.2) is 4.98 Å². The minimum Gasteiger partial charge on any atom is -0.333 e. The maximum atomic E-state index is 13.1. The Labute approximate surface area is 202 Å². The molecule has 0 atom stereocenters. The van der Waals surface area contributed by atoms with Crippen molar-refractivity contribution in [2.24, 2.45) is 11.8 Å². The fraction of sp³-hybridized carbons (Fsp3) is 0.393. The Morgan fingerprint density at radius 2 is 1.74 bits per heavy atom. The van der Waals surface area contributed by atoms with Gasteiger partial charge in [-0.1, -0.05) is 74.7 Å². The van der Waals surface area contributed by atoms with Crippen LogP contribution < -0.4 is 5.32 Å². The third kappa shape index (κ3) is 5.74. The maximum absolute atomic E-state index is 13.1. The van der Waals surface area contributed by atoms with E-state index in [2.05, 4.69) is 19.2 Å². The molecule has 34 heavy (non-hydrogen) atoms. The molecular weight excluding hydrogens is 424 g/mol. The lowest BCUT2D eigenvalue weighted by molar-refractivity contribution is -0.138. The zero-order valence-corrected chi connectivity index (χ0v) is 20.3. The average molecular weight is 459 g/mol. The van der Waals surface area contributed by atoms with Crippen molar-refractivity contribution in [1.82, 2.24) is 14.5 Å². The van der Waals surface area contributed by atoms with Gasteiger partial charge in [0.25, 0.3) is 0 Å². The number of anilines is 1. The number of nitrogens with zero attached hydrogens (tertiary/aromatic N) is 3. The number of rotatable bonds is 8. The topological polar surface area (TPSA) is 67.2 Å². The molecule has 6 nitrogen and oxygen atoms in total. The molecule has 1 N–H and O–H groups in total. The van der Waals surface area contributed by atoms with Crippen molar-refractivity contribution in [2.75, 3.05) is 18.4 Å². The van der Waals surface area contributed by atoms with Crippen molar-refractivity contribution in [3.63, 3.8) is 0 Å². The third-order valence-corrected chi connectivity index (χ3v) is 6.27. The van der Waals surface area contributed by atoms with Gasteiger partial charge in [-0.2, -0.15) is 0 Å². The highest BCUT2D eigenvalue weighted by Crippen LogP contribution is 2.27. The molecule has 0 radical (unpaired) electrons. The smallest absolute Gasteiger partial charge is 0.246 e. The first-order chi connectivity index (χ1) is 16.4. The first-order valence-corrected chi connectivity index (χ1v) is 12.2. The van der Waals surface area contributed by atoms with Gasteiger partial charge in [-0.3, -0.25) is 19.5 Å². The van der Waals surface area contributed by atoms with Crippen LogP contribution in [0.1, 0.15) is 45.1 Å². The number of amides is 2. The van der Waals surface area contributed by atoms with Gasteiger partial charge in [0.05, 0.1) is 12.2 Å². The van der Waals surface area contributed by atoms with Gasteiger partial charge in [0, 0.05) is 29.9 Å². The van der Waals surface area contributed by atoms with Crippen LogP contribution in [0, 0.1) is 18.8 Å². The SMILES string of the molecule is Cc1ccc(-n2cc(-c3ccccc3)nc2NC(=O)CN(CC(C)C)C(=O)C2CCCC2)cc1. The van der Waals surface area contributed by atoms with E-state index in [0.29, 0.717) is 12.5 Å². The van der Waals surface area contributed by atoms with E-state index in [1.807, 2.05) is 72.3 Å². The van der Waals surface area contributed by atoms with E-state index in [0.717, 1.165) is 48.2 Å². The van der Waals surface area contributed by atoms with E-state index in [9.17, 15) is 9.59 Å². The van der Waals surface area contributed by atoms with Crippen molar-refractivity contribution in [3.05, 3.63) is 66.4 Å². The Bertz CT molecular complexity index is 1110. The summed E-state index contributed by atoms with van der Waals surface area (Å²) in [4.78, 5) is 32.7. The van der Waals surface area contributed by atoms with Crippen molar-refractivity contribution < 1.29 is 9.59 Å². The molecule has 0 unspecified atom stereocenters. The average Bonchev–Trinajstić information content (AvgIpc) is 3.50. The fourth-order valence-corrected chi connectivity index (χ4v) is 4.56. The number of hydrogen-bond acceptors (Lipinski definition) is 3. The predicted octanol–water partition coefficient (Wildman–Crippen LogP) is 5.46. The highest BCUT2D eigenvalue weighted by molar-refractivity contribution is 5.94. The molecule has 0 bridgehead atoms. The molecule has 1 aromatic heterocycles. The first kappa shape index (κ1) is 23.7. The molecule has 1 saturated carbocycles. The molecule has 2 aromatic carbocycles. The fourth-order valence-electron chi connectivity index (χ4n) is 4.56. The number of aryl methyl sites for hydroxylation is 1. The highest BCUT2D eigenvalue weighted by Gasteiger charge is 2.29. The minimum absolute atomic E-state index is 0.0366. The number of nitrogens with one attached hydrogen (secondary N) is 1. The van der Waals surface area contributed by atoms with E-state index >= 15 is 0 Å². The molecule has 1 aliphatic rings. The zero-order valence-electron chi connectivity index (χ0n) is 20.3. The Morgan fingerprint density at radius 1 is 1.06 bits per heavy atom. The predicted molar refractivity (Wildman–Crippen MR) is 136 cm³/mol. The van der Waals surface area contributed by atoms with Gasteiger partial charge in [0.15, 0.2) is 0 Å². The second-order valence-corrected chi connectivity index (χ2v) is 9.66. The van der Waals surface area contributed by atoms with Gasteiger partial charge in [-0.05, 0) is 37.8 Å². The van der Waals surface area contributed by atoms with Crippen molar-refractivity contribution >= 4 is 17.8 Å². The Morgan fingerprint density at radius 3 is 2.38 bits per heavy atom. The summed E-state index contributed by atoms with van der Waals surface area (Å²) in [5.41, 5.74) is 3.82. The Balaban J connectivity index is 1.58. The monoisotopic (exact) mass is 458 g/mol. The summed E-state index contributed by atoms with van der Waals surface area (Å²) in [6, 6.07) is 18.0. The quantitative estimate of drug-likeness (QED) is 0.487. The van der Waals surface area contributed by atoms with Crippen molar-refractivity contribution in [1.29, 1.82) is 0 Å². The van der Waals surface area contributed by atoms with E-state index in [-0.39, 0.29) is 30.2 Å². The summed E-state index contributed by atoms with van der Waals surface area (Å²) < 4.78 is 1.89. The molecule has 2 amide bonds. The lowest BCUT2D eigenvalue weighted by Crippen LogP contribution is -2.43. The van der Waals surface area contributed by atoms with Crippen LogP contribution in [0.25, 0.3) is 16.9 Å². The molecule has 1 aliphatic carbocycles. The summed E-state index contributed by atoms with van der Waals surface area (Å²) in [6.07, 6.45) is 5.97. The van der Waals surface area contributed by atoms with Crippen LogP contribution in [0.5, 0.6) is 0 Å². The van der Waals surface area contributed by atoms with Gasteiger partial charge < -0.3 is 4.90 Å². The Kier molecular flexibility index (Phi) is 7.46. The van der Waals surface area contributed by atoms with Crippen LogP contribution >= 0.6 is 0 Å². The summed E-state index contributed by atoms with van der Waals surface area (Å²) in [5.74, 6) is 0.660. The van der Waals surface area contributed by atoms with Crippen LogP contribution in [0.2, 0.25) is 0 Å². The van der Waals surface area contributed by atoms with E-state index in [1.165, 1.54) is 0 Å². The molecule has 3 aromatic rings. The zero-order chi connectivity index (χ0) is 24.1. The number of hydrogen-bond donors (Lipinski definition) is 1. The molecular formula is C28H34N4O2. The van der Waals surface area contributed by atoms with E-state index in [4.69, 9.17) is 4.98 Å². The second-order valence-electron chi connectivity index (χ2n) is 9.66. The number of carbonyl (C=O) groups excluding carboxylic acids is 2. The van der Waals surface area contributed by atoms with Crippen LogP contribution in [0.4, 0.5) is 5.95 Å². The van der Waals surface area contributed by atoms with Crippen molar-refractivity contribution in [3.8, 4) is 16.9 Å². The largest absolute Gasteiger partial charge is 0.333 e. The summed E-state index contributed by atoms with van der Waals surface area (Å²) in [7, 11) is 0. The highest BCUT2D eigenvalue weighted by atomic mass is 16.2. The Hall–Kier alpha value is -3.41. The van der Waals surface area contributed by atoms with Crippen molar-refractivity contribution in [2.45, 2.75) is 46.5 Å². The second kappa shape index (κ2) is 10.7. The molecule has 4 rings (SSSR count). The van der Waals surface area contributed by atoms with Crippen LogP contribution in [-0.4, -0.2) is 39.4 Å². The molecule has 178 valence electrons. The molecule has 6 heteroatoms. The molecule has 1 fully saturated rings. The van der Waals surface area contributed by atoms with Crippen LogP contribution in [-0.2, 0) is 9.59 Å². The van der Waals surface area contributed by atoms with E-state index < -0.39 is 0 Å². The molecule has 0 saturated heterocycles. The number of benzene rings is 2. The van der Waals surface area contributed by atoms with Gasteiger partial charge in [-0.15, -0.1) is 0 Å². The van der Waals surface area contributed by atoms with Gasteiger partial charge in [0.1, 0.15) is 0 Å². The van der Waals surface area contributed by atoms with Crippen LogP contribution in [0.15, 0.2) is 60.8 Å². The summed E-state index contributed by atoms with van der Waals surface area (Å²) in [5, 5.41) is 2.98. The molecule has 0 spiro atoms. The lowest BCUT2D eigenvalue weighted by atomic mass is 10.1. The third-order valence-electron chi connectivity index (χ3n) is 6.27. The maximum Gasteiger partial charge on any atom is 0.246 e. The normalized spacial score (nSPS) is 13.9. The molecule has 1 heterocycles. The number of carbonyl (C=O) groups is 2. The lowest BCUT2D eigenvalue weighted by Gasteiger charge is -2.26.